The standard InChI is InChI=1S/C26H23F2N3O3/c27-20-5-1-17(2-6-20)24(18-3-7-21(28)8-4-18)19-9-11-30(12-10-19)13-14-31-25(32)22-15-34-16-23(22)29-26(31)33/h1-8,15-16H,9-14H2,(H,29,33). The van der Waals surface area contributed by atoms with Crippen molar-refractivity contribution in [2.24, 2.45) is 0 Å². The highest BCUT2D eigenvalue weighted by Crippen LogP contribution is 2.32. The number of hydrogen-bond acceptors (Lipinski definition) is 4. The molecule has 0 spiro atoms. The quantitative estimate of drug-likeness (QED) is 0.483. The number of fused-ring (bicyclic) bond motifs is 1. The maximum atomic E-state index is 13.5. The second-order valence-corrected chi connectivity index (χ2v) is 8.42. The summed E-state index contributed by atoms with van der Waals surface area (Å²) in [6, 6.07) is 12.7. The molecule has 0 bridgehead atoms. The van der Waals surface area contributed by atoms with Gasteiger partial charge in [0.2, 0.25) is 0 Å². The van der Waals surface area contributed by atoms with Crippen molar-refractivity contribution in [3.05, 3.63) is 110 Å². The van der Waals surface area contributed by atoms with Gasteiger partial charge < -0.3 is 14.3 Å². The van der Waals surface area contributed by atoms with E-state index in [2.05, 4.69) is 9.88 Å². The Morgan fingerprint density at radius 3 is 2.03 bits per heavy atom. The fourth-order valence-corrected chi connectivity index (χ4v) is 4.53. The lowest BCUT2D eigenvalue weighted by atomic mass is 9.88. The van der Waals surface area contributed by atoms with Gasteiger partial charge in [-0.1, -0.05) is 29.8 Å². The van der Waals surface area contributed by atoms with Crippen molar-refractivity contribution in [3.63, 3.8) is 0 Å². The van der Waals surface area contributed by atoms with Crippen molar-refractivity contribution in [1.29, 1.82) is 0 Å². The lowest BCUT2D eigenvalue weighted by Gasteiger charge is -2.30. The monoisotopic (exact) mass is 463 g/mol. The fourth-order valence-electron chi connectivity index (χ4n) is 4.53. The van der Waals surface area contributed by atoms with Crippen LogP contribution < -0.4 is 11.2 Å². The Hall–Kier alpha value is -3.78. The van der Waals surface area contributed by atoms with Crippen LogP contribution in [0.5, 0.6) is 0 Å². The molecule has 0 amide bonds. The van der Waals surface area contributed by atoms with Crippen molar-refractivity contribution in [2.75, 3.05) is 19.6 Å². The fraction of sp³-hybridized carbons (Fsp3) is 0.231. The average Bonchev–Trinajstić information content (AvgIpc) is 3.31. The highest BCUT2D eigenvalue weighted by atomic mass is 19.1. The van der Waals surface area contributed by atoms with Crippen LogP contribution in [0.3, 0.4) is 0 Å². The van der Waals surface area contributed by atoms with E-state index in [4.69, 9.17) is 4.42 Å². The molecule has 0 atom stereocenters. The number of nitrogens with one attached hydrogen (secondary N) is 1. The first kappa shape index (κ1) is 22.0. The summed E-state index contributed by atoms with van der Waals surface area (Å²) in [6.07, 6.45) is 4.24. The predicted octanol–water partition coefficient (Wildman–Crippen LogP) is 4.16. The maximum absolute atomic E-state index is 13.5. The SMILES string of the molecule is O=c1[nH]c2cocc2c(=O)n1CCN1CCC(=C(c2ccc(F)cc2)c2ccc(F)cc2)CC1. The molecule has 4 aromatic rings. The number of benzene rings is 2. The normalized spacial score (nSPS) is 14.6. The van der Waals surface area contributed by atoms with E-state index in [1.807, 2.05) is 0 Å². The predicted molar refractivity (Wildman–Crippen MR) is 126 cm³/mol. The smallest absolute Gasteiger partial charge is 0.328 e. The number of halogens is 2. The summed E-state index contributed by atoms with van der Waals surface area (Å²) in [5.74, 6) is -0.610. The lowest BCUT2D eigenvalue weighted by molar-refractivity contribution is 0.245. The first-order valence-corrected chi connectivity index (χ1v) is 11.1. The molecule has 174 valence electrons. The maximum Gasteiger partial charge on any atom is 0.328 e. The van der Waals surface area contributed by atoms with Crippen LogP contribution >= 0.6 is 0 Å². The van der Waals surface area contributed by atoms with Gasteiger partial charge in [0.25, 0.3) is 5.56 Å². The number of rotatable bonds is 5. The molecule has 0 unspecified atom stereocenters. The van der Waals surface area contributed by atoms with Crippen molar-refractivity contribution in [3.8, 4) is 0 Å². The third-order valence-electron chi connectivity index (χ3n) is 6.34. The number of aromatic amines is 1. The van der Waals surface area contributed by atoms with Crippen LogP contribution in [0.25, 0.3) is 16.5 Å². The minimum absolute atomic E-state index is 0.275. The third-order valence-corrected chi connectivity index (χ3v) is 6.34. The number of H-pyrrole nitrogens is 1. The zero-order valence-corrected chi connectivity index (χ0v) is 18.4. The summed E-state index contributed by atoms with van der Waals surface area (Å²) >= 11 is 0. The van der Waals surface area contributed by atoms with Crippen LogP contribution in [-0.4, -0.2) is 34.1 Å². The molecular weight excluding hydrogens is 440 g/mol. The minimum Gasteiger partial charge on any atom is -0.470 e. The van der Waals surface area contributed by atoms with E-state index >= 15 is 0 Å². The first-order chi connectivity index (χ1) is 16.5. The van der Waals surface area contributed by atoms with E-state index in [1.54, 1.807) is 24.3 Å². The van der Waals surface area contributed by atoms with Gasteiger partial charge >= 0.3 is 5.69 Å². The molecule has 6 nitrogen and oxygen atoms in total. The minimum atomic E-state index is -0.452. The summed E-state index contributed by atoms with van der Waals surface area (Å²) in [6.45, 7) is 2.34. The Morgan fingerprint density at radius 2 is 1.44 bits per heavy atom. The van der Waals surface area contributed by atoms with Gasteiger partial charge in [-0.3, -0.25) is 9.36 Å². The summed E-state index contributed by atoms with van der Waals surface area (Å²) in [5, 5.41) is 0.353. The molecule has 8 heteroatoms. The molecule has 34 heavy (non-hydrogen) atoms. The molecule has 3 heterocycles. The molecule has 0 radical (unpaired) electrons. The number of likely N-dealkylation sites (tertiary alicyclic amines) is 1. The van der Waals surface area contributed by atoms with Gasteiger partial charge in [-0.25, -0.2) is 13.6 Å². The van der Waals surface area contributed by atoms with Crippen LogP contribution in [0, 0.1) is 11.6 Å². The topological polar surface area (TPSA) is 71.2 Å². The zero-order chi connectivity index (χ0) is 23.7. The summed E-state index contributed by atoms with van der Waals surface area (Å²) in [7, 11) is 0. The molecule has 5 rings (SSSR count). The average molecular weight is 463 g/mol. The Bertz CT molecular complexity index is 1410. The second-order valence-electron chi connectivity index (χ2n) is 8.42. The molecule has 1 aliphatic heterocycles. The molecule has 0 aliphatic carbocycles. The number of piperidine rings is 1. The molecule has 1 fully saturated rings. The molecule has 2 aromatic heterocycles. The molecule has 1 saturated heterocycles. The van der Waals surface area contributed by atoms with E-state index < -0.39 is 5.69 Å². The number of furan rings is 1. The van der Waals surface area contributed by atoms with Gasteiger partial charge in [-0.15, -0.1) is 0 Å². The Labute approximate surface area is 193 Å². The summed E-state index contributed by atoms with van der Waals surface area (Å²) in [4.78, 5) is 29.8. The molecule has 2 aromatic carbocycles. The van der Waals surface area contributed by atoms with Crippen molar-refractivity contribution in [1.82, 2.24) is 14.5 Å². The van der Waals surface area contributed by atoms with E-state index in [-0.39, 0.29) is 23.7 Å². The van der Waals surface area contributed by atoms with Gasteiger partial charge in [0.1, 0.15) is 29.5 Å². The van der Waals surface area contributed by atoms with E-state index in [0.717, 1.165) is 42.6 Å². The Balaban J connectivity index is 1.35. The van der Waals surface area contributed by atoms with Crippen molar-refractivity contribution < 1.29 is 13.2 Å². The van der Waals surface area contributed by atoms with E-state index in [1.165, 1.54) is 46.9 Å². The largest absolute Gasteiger partial charge is 0.470 e. The van der Waals surface area contributed by atoms with Crippen molar-refractivity contribution >= 4 is 16.5 Å². The van der Waals surface area contributed by atoms with Gasteiger partial charge in [-0.2, -0.15) is 0 Å². The number of aromatic nitrogens is 2. The summed E-state index contributed by atoms with van der Waals surface area (Å²) in [5.41, 5.74) is 3.58. The van der Waals surface area contributed by atoms with Gasteiger partial charge in [0.15, 0.2) is 0 Å². The van der Waals surface area contributed by atoms with Crippen LogP contribution in [0.4, 0.5) is 8.78 Å². The number of hydrogen-bond donors (Lipinski definition) is 1. The van der Waals surface area contributed by atoms with Crippen LogP contribution in [0.1, 0.15) is 24.0 Å². The third kappa shape index (κ3) is 4.36. The Morgan fingerprint density at radius 1 is 0.853 bits per heavy atom. The number of nitrogens with zero attached hydrogens (tertiary/aromatic N) is 2. The first-order valence-electron chi connectivity index (χ1n) is 11.1. The van der Waals surface area contributed by atoms with Crippen LogP contribution in [-0.2, 0) is 6.54 Å². The highest BCUT2D eigenvalue weighted by molar-refractivity contribution is 5.82. The van der Waals surface area contributed by atoms with Crippen LogP contribution in [0.15, 0.2) is 80.6 Å². The summed E-state index contributed by atoms with van der Waals surface area (Å²) < 4.78 is 33.3. The van der Waals surface area contributed by atoms with E-state index in [9.17, 15) is 18.4 Å². The van der Waals surface area contributed by atoms with Crippen LogP contribution in [0.2, 0.25) is 0 Å². The second kappa shape index (κ2) is 9.23. The zero-order valence-electron chi connectivity index (χ0n) is 18.4. The lowest BCUT2D eigenvalue weighted by Crippen LogP contribution is -2.40. The van der Waals surface area contributed by atoms with E-state index in [0.29, 0.717) is 17.4 Å². The van der Waals surface area contributed by atoms with Gasteiger partial charge in [0.05, 0.1) is 5.52 Å². The Kier molecular flexibility index (Phi) is 5.98. The molecule has 1 aliphatic rings. The molecule has 1 N–H and O–H groups in total. The molecular formula is C26H23F2N3O3. The van der Waals surface area contributed by atoms with Gasteiger partial charge in [-0.05, 0) is 53.8 Å². The van der Waals surface area contributed by atoms with Crippen molar-refractivity contribution in [2.45, 2.75) is 19.4 Å². The van der Waals surface area contributed by atoms with Gasteiger partial charge in [0, 0.05) is 26.2 Å². The highest BCUT2D eigenvalue weighted by Gasteiger charge is 2.20. The molecule has 0 saturated carbocycles.